The van der Waals surface area contributed by atoms with E-state index < -0.39 is 23.0 Å². The van der Waals surface area contributed by atoms with Crippen LogP contribution in [0.25, 0.3) is 0 Å². The molecule has 0 bridgehead atoms. The predicted molar refractivity (Wildman–Crippen MR) is 69.2 cm³/mol. The van der Waals surface area contributed by atoms with Crippen LogP contribution >= 0.6 is 0 Å². The van der Waals surface area contributed by atoms with Crippen molar-refractivity contribution in [2.24, 2.45) is 0 Å². The maximum Gasteiger partial charge on any atom is 0.182 e. The number of likely N-dealkylation sites (N-methyl/N-ethyl adjacent to an activating group) is 1. The number of carbonyl (C=O) groups is 1. The van der Waals surface area contributed by atoms with E-state index in [1.54, 1.807) is 0 Å². The first kappa shape index (κ1) is 14.1. The third kappa shape index (κ3) is 3.36. The summed E-state index contributed by atoms with van der Waals surface area (Å²) in [7, 11) is 0. The zero-order chi connectivity index (χ0) is 13.8. The van der Waals surface area contributed by atoms with Gasteiger partial charge in [-0.1, -0.05) is 13.0 Å². The molecule has 19 heavy (non-hydrogen) atoms. The molecule has 0 aromatic heterocycles. The number of nitrogens with zero attached hydrogens (tertiary/aromatic N) is 2. The Bertz CT molecular complexity index is 437. The van der Waals surface area contributed by atoms with Crippen LogP contribution in [-0.2, 0) is 0 Å². The van der Waals surface area contributed by atoms with Gasteiger partial charge in [-0.15, -0.1) is 0 Å². The molecule has 0 N–H and O–H groups in total. The van der Waals surface area contributed by atoms with E-state index in [2.05, 4.69) is 11.8 Å². The lowest BCUT2D eigenvalue weighted by atomic mass is 10.1. The van der Waals surface area contributed by atoms with Crippen molar-refractivity contribution >= 4 is 5.78 Å². The number of hydrogen-bond acceptors (Lipinski definition) is 3. The largest absolute Gasteiger partial charge is 0.301 e. The van der Waals surface area contributed by atoms with E-state index in [9.17, 15) is 13.6 Å². The van der Waals surface area contributed by atoms with Crippen molar-refractivity contribution in [3.05, 3.63) is 35.4 Å². The first-order valence-electron chi connectivity index (χ1n) is 6.53. The molecule has 104 valence electrons. The van der Waals surface area contributed by atoms with E-state index >= 15 is 0 Å². The molecular formula is C14H18F2N2O. The summed E-state index contributed by atoms with van der Waals surface area (Å²) in [4.78, 5) is 16.2. The molecule has 1 aromatic rings. The fraction of sp³-hybridized carbons (Fsp3) is 0.500. The molecule has 1 aromatic carbocycles. The van der Waals surface area contributed by atoms with E-state index in [1.165, 1.54) is 6.07 Å². The summed E-state index contributed by atoms with van der Waals surface area (Å²) in [5, 5.41) is 0. The Hall–Kier alpha value is -1.33. The highest BCUT2D eigenvalue weighted by atomic mass is 19.1. The molecule has 3 nitrogen and oxygen atoms in total. The van der Waals surface area contributed by atoms with Crippen LogP contribution in [0.3, 0.4) is 0 Å². The van der Waals surface area contributed by atoms with Gasteiger partial charge in [-0.25, -0.2) is 8.78 Å². The summed E-state index contributed by atoms with van der Waals surface area (Å²) < 4.78 is 27.0. The predicted octanol–water partition coefficient (Wildman–Crippen LogP) is 1.79. The van der Waals surface area contributed by atoms with Crippen molar-refractivity contribution in [1.82, 2.24) is 9.80 Å². The number of carbonyl (C=O) groups excluding carboxylic acids is 1. The van der Waals surface area contributed by atoms with Gasteiger partial charge >= 0.3 is 0 Å². The smallest absolute Gasteiger partial charge is 0.182 e. The Kier molecular flexibility index (Phi) is 4.61. The summed E-state index contributed by atoms with van der Waals surface area (Å²) in [6.45, 7) is 6.47. The van der Waals surface area contributed by atoms with Crippen LogP contribution in [0.1, 0.15) is 17.3 Å². The first-order valence-corrected chi connectivity index (χ1v) is 6.53. The number of benzene rings is 1. The minimum absolute atomic E-state index is 0.0788. The molecule has 1 aliphatic rings. The minimum Gasteiger partial charge on any atom is -0.301 e. The Morgan fingerprint density at radius 3 is 2.16 bits per heavy atom. The van der Waals surface area contributed by atoms with Gasteiger partial charge in [-0.3, -0.25) is 9.69 Å². The molecule has 0 amide bonds. The van der Waals surface area contributed by atoms with Crippen LogP contribution in [-0.4, -0.2) is 54.9 Å². The van der Waals surface area contributed by atoms with Crippen LogP contribution in [0.2, 0.25) is 0 Å². The number of halogens is 2. The lowest BCUT2D eigenvalue weighted by Gasteiger charge is -2.33. The second-order valence-electron chi connectivity index (χ2n) is 4.73. The summed E-state index contributed by atoms with van der Waals surface area (Å²) >= 11 is 0. The third-order valence-electron chi connectivity index (χ3n) is 3.52. The Morgan fingerprint density at radius 1 is 1.11 bits per heavy atom. The number of Topliss-reactive ketones (excluding diaryl/α,β-unsaturated/α-hetero) is 1. The standard InChI is InChI=1S/C14H18F2N2O/c1-2-17-6-8-18(9-7-17)10-13(19)14-11(15)4-3-5-12(14)16/h3-5H,2,6-10H2,1H3. The molecule has 1 fully saturated rings. The van der Waals surface area contributed by atoms with Crippen molar-refractivity contribution in [2.75, 3.05) is 39.3 Å². The number of rotatable bonds is 4. The highest BCUT2D eigenvalue weighted by Gasteiger charge is 2.22. The molecule has 1 saturated heterocycles. The van der Waals surface area contributed by atoms with Gasteiger partial charge in [-0.05, 0) is 18.7 Å². The van der Waals surface area contributed by atoms with Gasteiger partial charge in [0.15, 0.2) is 5.78 Å². The molecule has 0 aliphatic carbocycles. The number of ketones is 1. The molecule has 0 atom stereocenters. The van der Waals surface area contributed by atoms with Crippen LogP contribution in [0.15, 0.2) is 18.2 Å². The van der Waals surface area contributed by atoms with Gasteiger partial charge in [0.05, 0.1) is 12.1 Å². The molecule has 0 spiro atoms. The van der Waals surface area contributed by atoms with Crippen molar-refractivity contribution in [3.63, 3.8) is 0 Å². The van der Waals surface area contributed by atoms with Crippen LogP contribution < -0.4 is 0 Å². The summed E-state index contributed by atoms with van der Waals surface area (Å²) in [5.74, 6) is -2.05. The fourth-order valence-electron chi connectivity index (χ4n) is 2.31. The SMILES string of the molecule is CCN1CCN(CC(=O)c2c(F)cccc2F)CC1. The lowest BCUT2D eigenvalue weighted by Crippen LogP contribution is -2.47. The Labute approximate surface area is 111 Å². The van der Waals surface area contributed by atoms with E-state index in [0.717, 1.165) is 44.9 Å². The number of hydrogen-bond donors (Lipinski definition) is 0. The van der Waals surface area contributed by atoms with Gasteiger partial charge in [0.1, 0.15) is 11.6 Å². The summed E-state index contributed by atoms with van der Waals surface area (Å²) in [6, 6.07) is 3.50. The maximum absolute atomic E-state index is 13.5. The van der Waals surface area contributed by atoms with Gasteiger partial charge in [0.2, 0.25) is 0 Å². The Morgan fingerprint density at radius 2 is 1.63 bits per heavy atom. The highest BCUT2D eigenvalue weighted by Crippen LogP contribution is 2.14. The highest BCUT2D eigenvalue weighted by molar-refractivity contribution is 5.98. The van der Waals surface area contributed by atoms with E-state index in [0.29, 0.717) is 0 Å². The fourth-order valence-corrected chi connectivity index (χ4v) is 2.31. The average molecular weight is 268 g/mol. The third-order valence-corrected chi connectivity index (χ3v) is 3.52. The van der Waals surface area contributed by atoms with Crippen LogP contribution in [0.4, 0.5) is 8.78 Å². The molecule has 1 aliphatic heterocycles. The minimum atomic E-state index is -0.780. The van der Waals surface area contributed by atoms with E-state index in [1.807, 2.05) is 4.90 Å². The van der Waals surface area contributed by atoms with Crippen molar-refractivity contribution in [1.29, 1.82) is 0 Å². The average Bonchev–Trinajstić information content (AvgIpc) is 2.39. The summed E-state index contributed by atoms with van der Waals surface area (Å²) in [5.41, 5.74) is -0.416. The molecule has 0 radical (unpaired) electrons. The lowest BCUT2D eigenvalue weighted by molar-refractivity contribution is 0.0851. The van der Waals surface area contributed by atoms with Gasteiger partial charge in [0.25, 0.3) is 0 Å². The van der Waals surface area contributed by atoms with Crippen LogP contribution in [0, 0.1) is 11.6 Å². The zero-order valence-corrected chi connectivity index (χ0v) is 11.0. The quantitative estimate of drug-likeness (QED) is 0.778. The monoisotopic (exact) mass is 268 g/mol. The second kappa shape index (κ2) is 6.21. The second-order valence-corrected chi connectivity index (χ2v) is 4.73. The topological polar surface area (TPSA) is 23.6 Å². The van der Waals surface area contributed by atoms with Gasteiger partial charge < -0.3 is 4.90 Å². The molecule has 1 heterocycles. The van der Waals surface area contributed by atoms with E-state index in [-0.39, 0.29) is 6.54 Å². The van der Waals surface area contributed by atoms with Gasteiger partial charge in [0, 0.05) is 26.2 Å². The zero-order valence-electron chi connectivity index (χ0n) is 11.0. The first-order chi connectivity index (χ1) is 9.11. The van der Waals surface area contributed by atoms with Gasteiger partial charge in [-0.2, -0.15) is 0 Å². The van der Waals surface area contributed by atoms with Crippen molar-refractivity contribution in [3.8, 4) is 0 Å². The number of piperazine rings is 1. The van der Waals surface area contributed by atoms with E-state index in [4.69, 9.17) is 0 Å². The molecule has 0 saturated carbocycles. The van der Waals surface area contributed by atoms with Crippen LogP contribution in [0.5, 0.6) is 0 Å². The normalized spacial score (nSPS) is 17.6. The van der Waals surface area contributed by atoms with Crippen molar-refractivity contribution in [2.45, 2.75) is 6.92 Å². The molecule has 2 rings (SSSR count). The van der Waals surface area contributed by atoms with Crippen molar-refractivity contribution < 1.29 is 13.6 Å². The summed E-state index contributed by atoms with van der Waals surface area (Å²) in [6.07, 6.45) is 0. The molecular weight excluding hydrogens is 250 g/mol. The Balaban J connectivity index is 1.98. The molecule has 0 unspecified atom stereocenters. The maximum atomic E-state index is 13.5. The molecule has 5 heteroatoms.